The van der Waals surface area contributed by atoms with E-state index in [0.29, 0.717) is 31.2 Å². The molecular weight excluding hydrogens is 228 g/mol. The Bertz CT molecular complexity index is 455. The summed E-state index contributed by atoms with van der Waals surface area (Å²) in [7, 11) is 0. The average Bonchev–Trinajstić information content (AvgIpc) is 2.55. The quantitative estimate of drug-likeness (QED) is 0.701. The Kier molecular flexibility index (Phi) is 2.16. The summed E-state index contributed by atoms with van der Waals surface area (Å²) in [6.07, 6.45) is 1.36. The number of pyridine rings is 1. The standard InChI is InChI=1S/C11H11ClN2O2/c12-8-2-1-7-9(14-8)11(10(15)13-7)3-5-16-6-4-11/h1-2H,3-6H2,(H,13,15). The van der Waals surface area contributed by atoms with Crippen LogP contribution in [-0.2, 0) is 14.9 Å². The molecule has 2 aliphatic heterocycles. The van der Waals surface area contributed by atoms with E-state index in [1.807, 2.05) is 6.07 Å². The van der Waals surface area contributed by atoms with Gasteiger partial charge in [-0.2, -0.15) is 0 Å². The van der Waals surface area contributed by atoms with Gasteiger partial charge in [-0.1, -0.05) is 11.6 Å². The maximum Gasteiger partial charge on any atom is 0.236 e. The van der Waals surface area contributed by atoms with Crippen molar-refractivity contribution >= 4 is 23.2 Å². The molecule has 0 saturated carbocycles. The minimum atomic E-state index is -0.515. The summed E-state index contributed by atoms with van der Waals surface area (Å²) >= 11 is 5.89. The molecular formula is C11H11ClN2O2. The normalized spacial score (nSPS) is 21.9. The Hall–Kier alpha value is -1.13. The third kappa shape index (κ3) is 1.26. The van der Waals surface area contributed by atoms with Crippen molar-refractivity contribution in [2.45, 2.75) is 18.3 Å². The van der Waals surface area contributed by atoms with E-state index in [1.54, 1.807) is 6.07 Å². The molecule has 2 aliphatic rings. The average molecular weight is 239 g/mol. The van der Waals surface area contributed by atoms with Gasteiger partial charge in [0.1, 0.15) is 5.15 Å². The van der Waals surface area contributed by atoms with Gasteiger partial charge in [0, 0.05) is 13.2 Å². The summed E-state index contributed by atoms with van der Waals surface area (Å²) in [4.78, 5) is 16.4. The number of hydrogen-bond donors (Lipinski definition) is 1. The zero-order valence-corrected chi connectivity index (χ0v) is 9.38. The lowest BCUT2D eigenvalue weighted by molar-refractivity contribution is -0.124. The van der Waals surface area contributed by atoms with Gasteiger partial charge >= 0.3 is 0 Å². The van der Waals surface area contributed by atoms with E-state index in [4.69, 9.17) is 16.3 Å². The Labute approximate surface area is 98.0 Å². The first-order chi connectivity index (χ1) is 7.72. The van der Waals surface area contributed by atoms with E-state index in [9.17, 15) is 4.79 Å². The molecule has 4 nitrogen and oxygen atoms in total. The predicted octanol–water partition coefficient (Wildman–Crippen LogP) is 1.74. The summed E-state index contributed by atoms with van der Waals surface area (Å²) in [5.74, 6) is 0.0283. The number of aromatic nitrogens is 1. The van der Waals surface area contributed by atoms with Crippen LogP contribution in [0.25, 0.3) is 0 Å². The summed E-state index contributed by atoms with van der Waals surface area (Å²) in [6, 6.07) is 3.51. The van der Waals surface area contributed by atoms with Gasteiger partial charge in [-0.15, -0.1) is 0 Å². The molecule has 1 fully saturated rings. The van der Waals surface area contributed by atoms with E-state index in [2.05, 4.69) is 10.3 Å². The van der Waals surface area contributed by atoms with Gasteiger partial charge in [-0.3, -0.25) is 4.79 Å². The van der Waals surface area contributed by atoms with Crippen molar-refractivity contribution in [1.82, 2.24) is 4.98 Å². The van der Waals surface area contributed by atoms with Crippen molar-refractivity contribution in [3.05, 3.63) is 23.0 Å². The molecule has 0 unspecified atom stereocenters. The zero-order valence-electron chi connectivity index (χ0n) is 8.62. The molecule has 16 heavy (non-hydrogen) atoms. The number of halogens is 1. The largest absolute Gasteiger partial charge is 0.381 e. The lowest BCUT2D eigenvalue weighted by Crippen LogP contribution is -2.40. The van der Waals surface area contributed by atoms with Crippen LogP contribution in [0.2, 0.25) is 5.15 Å². The number of carbonyl (C=O) groups excluding carboxylic acids is 1. The molecule has 3 rings (SSSR count). The van der Waals surface area contributed by atoms with Gasteiger partial charge in [0.05, 0.1) is 16.8 Å². The molecule has 84 valence electrons. The van der Waals surface area contributed by atoms with Crippen LogP contribution in [0.4, 0.5) is 5.69 Å². The molecule has 0 atom stereocenters. The molecule has 1 aromatic heterocycles. The van der Waals surface area contributed by atoms with Crippen LogP contribution in [0.1, 0.15) is 18.5 Å². The Morgan fingerprint density at radius 3 is 2.88 bits per heavy atom. The Morgan fingerprint density at radius 2 is 2.12 bits per heavy atom. The summed E-state index contributed by atoms with van der Waals surface area (Å²) in [6.45, 7) is 1.20. The molecule has 0 aromatic carbocycles. The number of amides is 1. The highest BCUT2D eigenvalue weighted by molar-refractivity contribution is 6.29. The van der Waals surface area contributed by atoms with E-state index in [1.165, 1.54) is 0 Å². The van der Waals surface area contributed by atoms with Crippen molar-refractivity contribution in [1.29, 1.82) is 0 Å². The predicted molar refractivity (Wildman–Crippen MR) is 59.6 cm³/mol. The van der Waals surface area contributed by atoms with Crippen molar-refractivity contribution in [2.75, 3.05) is 18.5 Å². The first kappa shape index (κ1) is 10.1. The number of anilines is 1. The lowest BCUT2D eigenvalue weighted by atomic mass is 9.78. The fourth-order valence-electron chi connectivity index (χ4n) is 2.43. The fraction of sp³-hybridized carbons (Fsp3) is 0.455. The van der Waals surface area contributed by atoms with Crippen LogP contribution in [0, 0.1) is 0 Å². The molecule has 3 heterocycles. The third-order valence-electron chi connectivity index (χ3n) is 3.34. The second-order valence-electron chi connectivity index (χ2n) is 4.18. The number of nitrogens with zero attached hydrogens (tertiary/aromatic N) is 1. The highest BCUT2D eigenvalue weighted by Gasteiger charge is 2.49. The van der Waals surface area contributed by atoms with E-state index >= 15 is 0 Å². The smallest absolute Gasteiger partial charge is 0.236 e. The molecule has 0 bridgehead atoms. The second-order valence-corrected chi connectivity index (χ2v) is 4.57. The minimum absolute atomic E-state index is 0.0283. The maximum atomic E-state index is 12.1. The minimum Gasteiger partial charge on any atom is -0.381 e. The first-order valence-electron chi connectivity index (χ1n) is 5.29. The van der Waals surface area contributed by atoms with Crippen molar-refractivity contribution in [3.8, 4) is 0 Å². The summed E-state index contributed by atoms with van der Waals surface area (Å²) in [5.41, 5.74) is 1.06. The molecule has 1 N–H and O–H groups in total. The second kappa shape index (κ2) is 3.43. The van der Waals surface area contributed by atoms with Crippen LogP contribution >= 0.6 is 11.6 Å². The van der Waals surface area contributed by atoms with Crippen LogP contribution in [0.3, 0.4) is 0 Å². The number of rotatable bonds is 0. The maximum absolute atomic E-state index is 12.1. The first-order valence-corrected chi connectivity index (χ1v) is 5.66. The van der Waals surface area contributed by atoms with Gasteiger partial charge in [0.25, 0.3) is 0 Å². The zero-order chi connectivity index (χ0) is 11.2. The van der Waals surface area contributed by atoms with Gasteiger partial charge in [-0.05, 0) is 25.0 Å². The number of ether oxygens (including phenoxy) is 1. The van der Waals surface area contributed by atoms with Crippen LogP contribution in [-0.4, -0.2) is 24.1 Å². The number of fused-ring (bicyclic) bond motifs is 2. The number of carbonyl (C=O) groups is 1. The van der Waals surface area contributed by atoms with Crippen molar-refractivity contribution in [3.63, 3.8) is 0 Å². The molecule has 0 aliphatic carbocycles. The fourth-order valence-corrected chi connectivity index (χ4v) is 2.58. The molecule has 1 aromatic rings. The Morgan fingerprint density at radius 1 is 1.38 bits per heavy atom. The molecule has 1 amide bonds. The van der Waals surface area contributed by atoms with Crippen LogP contribution in [0.15, 0.2) is 12.1 Å². The molecule has 5 heteroatoms. The highest BCUT2D eigenvalue weighted by atomic mass is 35.5. The highest BCUT2D eigenvalue weighted by Crippen LogP contribution is 2.43. The molecule has 1 spiro atoms. The topological polar surface area (TPSA) is 51.2 Å². The van der Waals surface area contributed by atoms with Gasteiger partial charge in [0.15, 0.2) is 0 Å². The Balaban J connectivity index is 2.13. The van der Waals surface area contributed by atoms with E-state index in [-0.39, 0.29) is 5.91 Å². The SMILES string of the molecule is O=C1Nc2ccc(Cl)nc2C12CCOCC2. The summed E-state index contributed by atoms with van der Waals surface area (Å²) < 4.78 is 5.31. The van der Waals surface area contributed by atoms with Crippen molar-refractivity contribution in [2.24, 2.45) is 0 Å². The summed E-state index contributed by atoms with van der Waals surface area (Å²) in [5, 5.41) is 3.30. The monoisotopic (exact) mass is 238 g/mol. The van der Waals surface area contributed by atoms with Gasteiger partial charge in [-0.25, -0.2) is 4.98 Å². The van der Waals surface area contributed by atoms with Gasteiger partial charge < -0.3 is 10.1 Å². The molecule has 0 radical (unpaired) electrons. The van der Waals surface area contributed by atoms with Crippen molar-refractivity contribution < 1.29 is 9.53 Å². The van der Waals surface area contributed by atoms with E-state index in [0.717, 1.165) is 11.4 Å². The van der Waals surface area contributed by atoms with Crippen LogP contribution in [0.5, 0.6) is 0 Å². The number of hydrogen-bond acceptors (Lipinski definition) is 3. The third-order valence-corrected chi connectivity index (χ3v) is 3.55. The number of nitrogens with one attached hydrogen (secondary N) is 1. The lowest BCUT2D eigenvalue weighted by Gasteiger charge is -2.30. The van der Waals surface area contributed by atoms with Crippen LogP contribution < -0.4 is 5.32 Å². The van der Waals surface area contributed by atoms with Gasteiger partial charge in [0.2, 0.25) is 5.91 Å². The molecule has 1 saturated heterocycles. The van der Waals surface area contributed by atoms with E-state index < -0.39 is 5.41 Å².